The Labute approximate surface area is 175 Å². The van der Waals surface area contributed by atoms with Crippen LogP contribution in [-0.4, -0.2) is 54.0 Å². The Balaban J connectivity index is 1.45. The summed E-state index contributed by atoms with van der Waals surface area (Å²) in [6, 6.07) is 10.1. The summed E-state index contributed by atoms with van der Waals surface area (Å²) in [5, 5.41) is 4.00. The van der Waals surface area contributed by atoms with Gasteiger partial charge in [0.1, 0.15) is 0 Å². The van der Waals surface area contributed by atoms with Crippen LogP contribution in [0.3, 0.4) is 0 Å². The molecule has 1 N–H and O–H groups in total. The Morgan fingerprint density at radius 3 is 2.62 bits per heavy atom. The molecule has 0 spiro atoms. The minimum absolute atomic E-state index is 0.0306. The van der Waals surface area contributed by atoms with Gasteiger partial charge in [-0.3, -0.25) is 4.79 Å². The van der Waals surface area contributed by atoms with Crippen molar-refractivity contribution >= 4 is 39.8 Å². The molecule has 0 unspecified atom stereocenters. The molecule has 1 aliphatic heterocycles. The van der Waals surface area contributed by atoms with E-state index in [1.807, 2.05) is 25.1 Å². The summed E-state index contributed by atoms with van der Waals surface area (Å²) < 4.78 is 0. The maximum atomic E-state index is 12.4. The summed E-state index contributed by atoms with van der Waals surface area (Å²) in [6.07, 6.45) is 1.25. The summed E-state index contributed by atoms with van der Waals surface area (Å²) in [7, 11) is 2.14. The molecule has 0 radical (unpaired) electrons. The third-order valence-corrected chi connectivity index (χ3v) is 6.40. The van der Waals surface area contributed by atoms with Crippen molar-refractivity contribution in [3.8, 4) is 0 Å². The number of hydrogen-bond donors (Lipinski definition) is 1. The Bertz CT molecular complexity index is 1020. The molecule has 29 heavy (non-hydrogen) atoms. The largest absolute Gasteiger partial charge is 0.338 e. The van der Waals surface area contributed by atoms with Gasteiger partial charge in [0.2, 0.25) is 11.9 Å². The number of benzene rings is 1. The van der Waals surface area contributed by atoms with Crippen LogP contribution < -0.4 is 10.2 Å². The number of anilines is 2. The molecule has 6 nitrogen and oxygen atoms in total. The molecule has 4 rings (SSSR count). The van der Waals surface area contributed by atoms with Gasteiger partial charge >= 0.3 is 0 Å². The van der Waals surface area contributed by atoms with Gasteiger partial charge in [0.25, 0.3) is 0 Å². The molecule has 3 heterocycles. The van der Waals surface area contributed by atoms with E-state index in [2.05, 4.69) is 41.2 Å². The molecule has 152 valence electrons. The number of aryl methyl sites for hydroxylation is 3. The van der Waals surface area contributed by atoms with E-state index < -0.39 is 0 Å². The highest BCUT2D eigenvalue weighted by molar-refractivity contribution is 7.11. The van der Waals surface area contributed by atoms with Gasteiger partial charge in [-0.2, -0.15) is 0 Å². The maximum absolute atomic E-state index is 12.4. The predicted molar refractivity (Wildman–Crippen MR) is 120 cm³/mol. The second-order valence-corrected chi connectivity index (χ2v) is 9.06. The molecule has 1 saturated heterocycles. The first-order valence-electron chi connectivity index (χ1n) is 10.0. The number of fused-ring (bicyclic) bond motifs is 1. The Morgan fingerprint density at radius 2 is 1.90 bits per heavy atom. The van der Waals surface area contributed by atoms with Crippen LogP contribution in [0.2, 0.25) is 0 Å². The summed E-state index contributed by atoms with van der Waals surface area (Å²) >= 11 is 1.75. The minimum atomic E-state index is 0.0306. The third kappa shape index (κ3) is 4.74. The lowest BCUT2D eigenvalue weighted by Gasteiger charge is -2.32. The highest BCUT2D eigenvalue weighted by Gasteiger charge is 2.18. The number of thiophene rings is 1. The number of aromatic nitrogens is 2. The number of carbonyl (C=O) groups excluding carboxylic acids is 1. The van der Waals surface area contributed by atoms with Crippen molar-refractivity contribution < 1.29 is 4.79 Å². The zero-order valence-electron chi connectivity index (χ0n) is 17.2. The summed E-state index contributed by atoms with van der Waals surface area (Å²) in [5.41, 5.74) is 2.65. The number of likely N-dealkylation sites (N-methyl/N-ethyl adjacent to an activating group) is 1. The van der Waals surface area contributed by atoms with Crippen molar-refractivity contribution in [1.29, 1.82) is 0 Å². The van der Waals surface area contributed by atoms with Gasteiger partial charge in [-0.15, -0.1) is 11.3 Å². The molecule has 0 aliphatic carbocycles. The van der Waals surface area contributed by atoms with Crippen LogP contribution >= 0.6 is 11.3 Å². The molecule has 0 saturated carbocycles. The topological polar surface area (TPSA) is 61.4 Å². The van der Waals surface area contributed by atoms with E-state index in [0.717, 1.165) is 60.8 Å². The molecule has 1 aromatic carbocycles. The molecule has 1 amide bonds. The number of nitrogens with zero attached hydrogens (tertiary/aromatic N) is 4. The van der Waals surface area contributed by atoms with Crippen LogP contribution in [0.25, 0.3) is 10.9 Å². The van der Waals surface area contributed by atoms with E-state index in [4.69, 9.17) is 9.97 Å². The number of carbonyl (C=O) groups is 1. The lowest BCUT2D eigenvalue weighted by Crippen LogP contribution is -2.45. The average Bonchev–Trinajstić information content (AvgIpc) is 3.12. The predicted octanol–water partition coefficient (Wildman–Crippen LogP) is 3.63. The van der Waals surface area contributed by atoms with Gasteiger partial charge in [0.15, 0.2) is 0 Å². The van der Waals surface area contributed by atoms with E-state index in [1.165, 1.54) is 9.75 Å². The number of hydrogen-bond acceptors (Lipinski definition) is 6. The lowest BCUT2D eigenvalue weighted by atomic mass is 10.1. The fourth-order valence-electron chi connectivity index (χ4n) is 3.57. The highest BCUT2D eigenvalue weighted by Crippen LogP contribution is 2.24. The zero-order chi connectivity index (χ0) is 20.4. The molecule has 3 aromatic rings. The normalized spacial score (nSPS) is 15.1. The number of nitrogens with one attached hydrogen (secondary N) is 1. The van der Waals surface area contributed by atoms with E-state index in [-0.39, 0.29) is 5.91 Å². The molecular formula is C22H27N5OS. The SMILES string of the molecule is Cc1ccc(CCC(=O)Nc2ccc3nc(N4CCN(C)CC4)nc(C)c3c2)s1. The quantitative estimate of drug-likeness (QED) is 0.697. The Hall–Kier alpha value is -2.51. The second-order valence-electron chi connectivity index (χ2n) is 7.69. The maximum Gasteiger partial charge on any atom is 0.226 e. The fraction of sp³-hybridized carbons (Fsp3) is 0.409. The average molecular weight is 410 g/mol. The van der Waals surface area contributed by atoms with Gasteiger partial charge in [-0.05, 0) is 57.6 Å². The highest BCUT2D eigenvalue weighted by atomic mass is 32.1. The van der Waals surface area contributed by atoms with Crippen molar-refractivity contribution in [2.45, 2.75) is 26.7 Å². The van der Waals surface area contributed by atoms with Gasteiger partial charge in [-0.1, -0.05) is 0 Å². The van der Waals surface area contributed by atoms with Crippen LogP contribution in [-0.2, 0) is 11.2 Å². The molecule has 2 aromatic heterocycles. The standard InChI is InChI=1S/C22H27N5OS/c1-15-4-6-18(29-15)7-9-21(28)24-17-5-8-20-19(14-17)16(2)23-22(25-20)27-12-10-26(3)11-13-27/h4-6,8,14H,7,9-13H2,1-3H3,(H,24,28). The van der Waals surface area contributed by atoms with Crippen molar-refractivity contribution in [2.75, 3.05) is 43.4 Å². The van der Waals surface area contributed by atoms with Crippen LogP contribution in [0.5, 0.6) is 0 Å². The van der Waals surface area contributed by atoms with Crippen molar-refractivity contribution in [3.05, 3.63) is 45.8 Å². The first-order valence-corrected chi connectivity index (χ1v) is 10.9. The summed E-state index contributed by atoms with van der Waals surface area (Å²) in [6.45, 7) is 8.03. The Morgan fingerprint density at radius 1 is 1.10 bits per heavy atom. The molecule has 7 heteroatoms. The van der Waals surface area contributed by atoms with Gasteiger partial charge in [0.05, 0.1) is 11.2 Å². The van der Waals surface area contributed by atoms with Crippen molar-refractivity contribution in [3.63, 3.8) is 0 Å². The van der Waals surface area contributed by atoms with Crippen LogP contribution in [0.15, 0.2) is 30.3 Å². The zero-order valence-corrected chi connectivity index (χ0v) is 18.1. The summed E-state index contributed by atoms with van der Waals surface area (Å²) in [5.74, 6) is 0.828. The van der Waals surface area contributed by atoms with E-state index in [9.17, 15) is 4.79 Å². The van der Waals surface area contributed by atoms with E-state index in [1.54, 1.807) is 11.3 Å². The molecule has 1 aliphatic rings. The van der Waals surface area contributed by atoms with Crippen LogP contribution in [0.1, 0.15) is 21.9 Å². The Kier molecular flexibility index (Phi) is 5.78. The molecule has 1 fully saturated rings. The van der Waals surface area contributed by atoms with Gasteiger partial charge < -0.3 is 15.1 Å². The smallest absolute Gasteiger partial charge is 0.226 e. The lowest BCUT2D eigenvalue weighted by molar-refractivity contribution is -0.116. The molecule has 0 bridgehead atoms. The van der Waals surface area contributed by atoms with Crippen molar-refractivity contribution in [2.24, 2.45) is 0 Å². The van der Waals surface area contributed by atoms with Crippen LogP contribution in [0, 0.1) is 13.8 Å². The van der Waals surface area contributed by atoms with Gasteiger partial charge in [-0.25, -0.2) is 9.97 Å². The second kappa shape index (κ2) is 8.47. The first kappa shape index (κ1) is 19.8. The number of amides is 1. The molecule has 0 atom stereocenters. The number of rotatable bonds is 5. The van der Waals surface area contributed by atoms with E-state index >= 15 is 0 Å². The summed E-state index contributed by atoms with van der Waals surface area (Å²) in [4.78, 5) is 28.9. The van der Waals surface area contributed by atoms with Crippen molar-refractivity contribution in [1.82, 2.24) is 14.9 Å². The van der Waals surface area contributed by atoms with Gasteiger partial charge in [0, 0.05) is 53.4 Å². The molecular weight excluding hydrogens is 382 g/mol. The minimum Gasteiger partial charge on any atom is -0.338 e. The van der Waals surface area contributed by atoms with E-state index in [0.29, 0.717) is 6.42 Å². The third-order valence-electron chi connectivity index (χ3n) is 5.34. The monoisotopic (exact) mass is 409 g/mol. The first-order chi connectivity index (χ1) is 14.0. The van der Waals surface area contributed by atoms with Crippen LogP contribution in [0.4, 0.5) is 11.6 Å². The number of piperazine rings is 1. The fourth-order valence-corrected chi connectivity index (χ4v) is 4.46.